The van der Waals surface area contributed by atoms with Crippen molar-refractivity contribution < 1.29 is 4.79 Å². The molecule has 1 fully saturated rings. The van der Waals surface area contributed by atoms with Crippen LogP contribution in [0.25, 0.3) is 0 Å². The SMILES string of the molecule is CCc1ccccc1CNC(=NC)NCCC(=O)NC1CCCCC1.I. The van der Waals surface area contributed by atoms with Crippen LogP contribution in [-0.4, -0.2) is 31.5 Å². The summed E-state index contributed by atoms with van der Waals surface area (Å²) in [6.07, 6.45) is 7.52. The number of hydrogen-bond acceptors (Lipinski definition) is 2. The Morgan fingerprint density at radius 3 is 2.46 bits per heavy atom. The number of benzene rings is 1. The summed E-state index contributed by atoms with van der Waals surface area (Å²) in [4.78, 5) is 16.3. The van der Waals surface area contributed by atoms with Gasteiger partial charge in [0.05, 0.1) is 0 Å². The summed E-state index contributed by atoms with van der Waals surface area (Å²) in [7, 11) is 1.75. The summed E-state index contributed by atoms with van der Waals surface area (Å²) in [5.41, 5.74) is 2.63. The van der Waals surface area contributed by atoms with Crippen LogP contribution in [0.1, 0.15) is 56.6 Å². The zero-order valence-electron chi connectivity index (χ0n) is 16.0. The lowest BCUT2D eigenvalue weighted by molar-refractivity contribution is -0.121. The van der Waals surface area contributed by atoms with Crippen molar-refractivity contribution in [3.8, 4) is 0 Å². The van der Waals surface area contributed by atoms with Crippen molar-refractivity contribution >= 4 is 35.8 Å². The zero-order valence-corrected chi connectivity index (χ0v) is 18.3. The molecule has 0 heterocycles. The number of carbonyl (C=O) groups is 1. The number of hydrogen-bond donors (Lipinski definition) is 3. The Kier molecular flexibility index (Phi) is 11.3. The second-order valence-corrected chi connectivity index (χ2v) is 6.63. The number of carbonyl (C=O) groups excluding carboxylic acids is 1. The van der Waals surface area contributed by atoms with Gasteiger partial charge in [0, 0.05) is 32.6 Å². The van der Waals surface area contributed by atoms with E-state index in [-0.39, 0.29) is 29.9 Å². The van der Waals surface area contributed by atoms with Crippen LogP contribution in [0, 0.1) is 0 Å². The number of aliphatic imine (C=N–C) groups is 1. The number of nitrogens with zero attached hydrogens (tertiary/aromatic N) is 1. The smallest absolute Gasteiger partial charge is 0.221 e. The summed E-state index contributed by atoms with van der Waals surface area (Å²) < 4.78 is 0. The van der Waals surface area contributed by atoms with Gasteiger partial charge in [-0.15, -0.1) is 24.0 Å². The van der Waals surface area contributed by atoms with Gasteiger partial charge in [-0.25, -0.2) is 0 Å². The lowest BCUT2D eigenvalue weighted by atomic mass is 9.95. The Hall–Kier alpha value is -1.31. The Labute approximate surface area is 174 Å². The zero-order chi connectivity index (χ0) is 17.9. The highest BCUT2D eigenvalue weighted by Crippen LogP contribution is 2.17. The molecule has 0 saturated heterocycles. The van der Waals surface area contributed by atoms with Crippen LogP contribution in [0.3, 0.4) is 0 Å². The molecule has 0 aromatic heterocycles. The fraction of sp³-hybridized carbons (Fsp3) is 0.600. The van der Waals surface area contributed by atoms with Crippen LogP contribution in [0.15, 0.2) is 29.3 Å². The molecule has 0 spiro atoms. The minimum atomic E-state index is 0. The van der Waals surface area contributed by atoms with E-state index >= 15 is 0 Å². The third kappa shape index (κ3) is 7.93. The summed E-state index contributed by atoms with van der Waals surface area (Å²) >= 11 is 0. The summed E-state index contributed by atoms with van der Waals surface area (Å²) in [5, 5.41) is 9.69. The Morgan fingerprint density at radius 2 is 1.81 bits per heavy atom. The lowest BCUT2D eigenvalue weighted by Crippen LogP contribution is -2.41. The number of rotatable bonds is 7. The third-order valence-electron chi connectivity index (χ3n) is 4.78. The summed E-state index contributed by atoms with van der Waals surface area (Å²) in [6, 6.07) is 8.80. The van der Waals surface area contributed by atoms with Gasteiger partial charge in [0.1, 0.15) is 0 Å². The first-order chi connectivity index (χ1) is 12.2. The first-order valence-electron chi connectivity index (χ1n) is 9.53. The van der Waals surface area contributed by atoms with E-state index < -0.39 is 0 Å². The summed E-state index contributed by atoms with van der Waals surface area (Å²) in [6.45, 7) is 3.49. The van der Waals surface area contributed by atoms with Crippen molar-refractivity contribution in [2.45, 2.75) is 64.5 Å². The molecule has 1 aliphatic carbocycles. The van der Waals surface area contributed by atoms with Gasteiger partial charge in [-0.2, -0.15) is 0 Å². The van der Waals surface area contributed by atoms with Crippen LogP contribution in [-0.2, 0) is 17.8 Å². The molecule has 1 aromatic carbocycles. The highest BCUT2D eigenvalue weighted by atomic mass is 127. The minimum absolute atomic E-state index is 0. The molecule has 3 N–H and O–H groups in total. The van der Waals surface area contributed by atoms with Gasteiger partial charge in [0.15, 0.2) is 5.96 Å². The highest BCUT2D eigenvalue weighted by molar-refractivity contribution is 14.0. The monoisotopic (exact) mass is 472 g/mol. The average Bonchev–Trinajstić information content (AvgIpc) is 2.65. The second-order valence-electron chi connectivity index (χ2n) is 6.63. The predicted octanol–water partition coefficient (Wildman–Crippen LogP) is 3.37. The van der Waals surface area contributed by atoms with Gasteiger partial charge in [0.25, 0.3) is 0 Å². The molecule has 1 amide bonds. The molecule has 0 bridgehead atoms. The standard InChI is InChI=1S/C20H32N4O.HI/c1-3-16-9-7-8-10-17(16)15-23-20(21-2)22-14-13-19(25)24-18-11-5-4-6-12-18;/h7-10,18H,3-6,11-15H2,1-2H3,(H,24,25)(H2,21,22,23);1H. The number of aryl methyl sites for hydroxylation is 1. The van der Waals surface area contributed by atoms with E-state index in [4.69, 9.17) is 0 Å². The molecule has 5 nitrogen and oxygen atoms in total. The molecule has 0 atom stereocenters. The molecular formula is C20H33IN4O. The molecule has 1 aliphatic rings. The van der Waals surface area contributed by atoms with Crippen LogP contribution < -0.4 is 16.0 Å². The second kappa shape index (κ2) is 12.9. The van der Waals surface area contributed by atoms with E-state index in [0.717, 1.165) is 31.8 Å². The van der Waals surface area contributed by atoms with Crippen molar-refractivity contribution in [1.82, 2.24) is 16.0 Å². The fourth-order valence-corrected chi connectivity index (χ4v) is 3.32. The number of guanidine groups is 1. The van der Waals surface area contributed by atoms with Crippen molar-refractivity contribution in [3.63, 3.8) is 0 Å². The maximum Gasteiger partial charge on any atom is 0.221 e. The maximum atomic E-state index is 12.0. The molecule has 1 aromatic rings. The number of nitrogens with one attached hydrogen (secondary N) is 3. The maximum absolute atomic E-state index is 12.0. The molecule has 0 unspecified atom stereocenters. The Bertz CT molecular complexity index is 571. The van der Waals surface area contributed by atoms with Crippen LogP contribution in [0.2, 0.25) is 0 Å². The Balaban J connectivity index is 0.00000338. The van der Waals surface area contributed by atoms with E-state index in [1.807, 2.05) is 0 Å². The van der Waals surface area contributed by atoms with Crippen molar-refractivity contribution in [3.05, 3.63) is 35.4 Å². The quantitative estimate of drug-likeness (QED) is 0.324. The normalized spacial score (nSPS) is 15.1. The predicted molar refractivity (Wildman–Crippen MR) is 119 cm³/mol. The minimum Gasteiger partial charge on any atom is -0.356 e. The van der Waals surface area contributed by atoms with Crippen LogP contribution >= 0.6 is 24.0 Å². The van der Waals surface area contributed by atoms with E-state index in [9.17, 15) is 4.79 Å². The van der Waals surface area contributed by atoms with Crippen molar-refractivity contribution in [2.24, 2.45) is 4.99 Å². The van der Waals surface area contributed by atoms with Crippen LogP contribution in [0.4, 0.5) is 0 Å². The molecule has 2 rings (SSSR count). The summed E-state index contributed by atoms with van der Waals surface area (Å²) in [5.74, 6) is 0.863. The molecule has 0 radical (unpaired) electrons. The van der Waals surface area contributed by atoms with E-state index in [0.29, 0.717) is 19.0 Å². The van der Waals surface area contributed by atoms with E-state index in [1.54, 1.807) is 7.05 Å². The lowest BCUT2D eigenvalue weighted by Gasteiger charge is -2.22. The molecule has 1 saturated carbocycles. The topological polar surface area (TPSA) is 65.5 Å². The highest BCUT2D eigenvalue weighted by Gasteiger charge is 2.15. The van der Waals surface area contributed by atoms with Gasteiger partial charge < -0.3 is 16.0 Å². The third-order valence-corrected chi connectivity index (χ3v) is 4.78. The first-order valence-corrected chi connectivity index (χ1v) is 9.53. The average molecular weight is 472 g/mol. The van der Waals surface area contributed by atoms with E-state index in [2.05, 4.69) is 52.1 Å². The number of amides is 1. The molecule has 0 aliphatic heterocycles. The Morgan fingerprint density at radius 1 is 1.12 bits per heavy atom. The fourth-order valence-electron chi connectivity index (χ4n) is 3.32. The van der Waals surface area contributed by atoms with Gasteiger partial charge in [-0.1, -0.05) is 50.5 Å². The number of halogens is 1. The largest absolute Gasteiger partial charge is 0.356 e. The van der Waals surface area contributed by atoms with Crippen LogP contribution in [0.5, 0.6) is 0 Å². The van der Waals surface area contributed by atoms with Gasteiger partial charge >= 0.3 is 0 Å². The first kappa shape index (κ1) is 22.7. The van der Waals surface area contributed by atoms with E-state index in [1.165, 1.54) is 30.4 Å². The van der Waals surface area contributed by atoms with Crippen molar-refractivity contribution in [2.75, 3.05) is 13.6 Å². The molecule has 26 heavy (non-hydrogen) atoms. The molecule has 6 heteroatoms. The van der Waals surface area contributed by atoms with Gasteiger partial charge in [-0.3, -0.25) is 9.79 Å². The molecular weight excluding hydrogens is 439 g/mol. The molecule has 146 valence electrons. The van der Waals surface area contributed by atoms with Crippen molar-refractivity contribution in [1.29, 1.82) is 0 Å². The van der Waals surface area contributed by atoms with Gasteiger partial charge in [0.2, 0.25) is 5.91 Å². The van der Waals surface area contributed by atoms with Gasteiger partial charge in [-0.05, 0) is 30.4 Å².